The fraction of sp³-hybridized carbons (Fsp3) is 0.571. The van der Waals surface area contributed by atoms with Crippen LogP contribution in [-0.2, 0) is 4.74 Å². The van der Waals surface area contributed by atoms with E-state index in [4.69, 9.17) is 4.74 Å². The summed E-state index contributed by atoms with van der Waals surface area (Å²) in [6.45, 7) is 9.15. The van der Waals surface area contributed by atoms with Crippen molar-refractivity contribution in [2.75, 3.05) is 31.2 Å². The van der Waals surface area contributed by atoms with Gasteiger partial charge in [0.15, 0.2) is 0 Å². The summed E-state index contributed by atoms with van der Waals surface area (Å²) in [6, 6.07) is 7.99. The lowest BCUT2D eigenvalue weighted by Crippen LogP contribution is -2.28. The molecule has 17 heavy (non-hydrogen) atoms. The Morgan fingerprint density at radius 2 is 2.00 bits per heavy atom. The van der Waals surface area contributed by atoms with Crippen molar-refractivity contribution in [3.63, 3.8) is 0 Å². The van der Waals surface area contributed by atoms with E-state index in [1.54, 1.807) is 6.92 Å². The number of benzene rings is 1. The molecule has 0 fully saturated rings. The van der Waals surface area contributed by atoms with Crippen molar-refractivity contribution in [3.05, 3.63) is 29.8 Å². The van der Waals surface area contributed by atoms with Gasteiger partial charge in [0.25, 0.3) is 0 Å². The van der Waals surface area contributed by atoms with Crippen LogP contribution in [0.25, 0.3) is 0 Å². The third-order valence-electron chi connectivity index (χ3n) is 2.82. The summed E-state index contributed by atoms with van der Waals surface area (Å²) in [4.78, 5) is 2.23. The molecule has 0 heterocycles. The number of ether oxygens (including phenoxy) is 1. The number of likely N-dealkylation sites (N-methyl/N-ethyl adjacent to an activating group) is 1. The second kappa shape index (κ2) is 7.30. The molecule has 0 amide bonds. The molecule has 3 nitrogen and oxygen atoms in total. The molecule has 96 valence electrons. The second-order valence-electron chi connectivity index (χ2n) is 4.01. The van der Waals surface area contributed by atoms with E-state index in [0.717, 1.165) is 37.6 Å². The topological polar surface area (TPSA) is 32.7 Å². The third-order valence-corrected chi connectivity index (χ3v) is 2.82. The zero-order valence-corrected chi connectivity index (χ0v) is 11.0. The van der Waals surface area contributed by atoms with Crippen molar-refractivity contribution in [1.29, 1.82) is 0 Å². The summed E-state index contributed by atoms with van der Waals surface area (Å²) < 4.78 is 5.38. The predicted octanol–water partition coefficient (Wildman–Crippen LogP) is 2.60. The second-order valence-corrected chi connectivity index (χ2v) is 4.01. The molecule has 0 aliphatic heterocycles. The number of rotatable bonds is 7. The van der Waals surface area contributed by atoms with Gasteiger partial charge in [-0.15, -0.1) is 0 Å². The minimum Gasteiger partial charge on any atom is -0.389 e. The van der Waals surface area contributed by atoms with Crippen molar-refractivity contribution in [3.8, 4) is 0 Å². The van der Waals surface area contributed by atoms with E-state index in [2.05, 4.69) is 17.9 Å². The lowest BCUT2D eigenvalue weighted by molar-refractivity contribution is 0.153. The Balaban J connectivity index is 2.79. The molecule has 1 aromatic carbocycles. The van der Waals surface area contributed by atoms with E-state index < -0.39 is 6.10 Å². The molecule has 0 saturated heterocycles. The highest BCUT2D eigenvalue weighted by Crippen LogP contribution is 2.25. The van der Waals surface area contributed by atoms with Gasteiger partial charge in [0.1, 0.15) is 0 Å². The molecule has 1 atom stereocenters. The molecule has 0 saturated carbocycles. The first-order valence-electron chi connectivity index (χ1n) is 6.30. The maximum atomic E-state index is 9.76. The quantitative estimate of drug-likeness (QED) is 0.740. The standard InChI is InChI=1S/C14H23NO2/c1-4-15(10-11-17-5-2)14-9-7-6-8-13(14)12(3)16/h6-9,12,16H,4-5,10-11H2,1-3H3/t12-/m1/s1. The largest absolute Gasteiger partial charge is 0.389 e. The molecule has 1 N–H and O–H groups in total. The molecule has 0 aliphatic rings. The minimum absolute atomic E-state index is 0.438. The Morgan fingerprint density at radius 3 is 2.59 bits per heavy atom. The van der Waals surface area contributed by atoms with Gasteiger partial charge in [-0.05, 0) is 26.8 Å². The maximum Gasteiger partial charge on any atom is 0.0781 e. The normalized spacial score (nSPS) is 12.5. The molecule has 0 aromatic heterocycles. The first-order valence-corrected chi connectivity index (χ1v) is 6.30. The van der Waals surface area contributed by atoms with Gasteiger partial charge in [-0.1, -0.05) is 18.2 Å². The lowest BCUT2D eigenvalue weighted by atomic mass is 10.1. The van der Waals surface area contributed by atoms with E-state index in [9.17, 15) is 5.11 Å². The highest BCUT2D eigenvalue weighted by Gasteiger charge is 2.12. The zero-order chi connectivity index (χ0) is 12.7. The summed E-state index contributed by atoms with van der Waals surface area (Å²) in [5.41, 5.74) is 2.08. The van der Waals surface area contributed by atoms with Crippen LogP contribution in [0.15, 0.2) is 24.3 Å². The number of anilines is 1. The van der Waals surface area contributed by atoms with Gasteiger partial charge in [-0.2, -0.15) is 0 Å². The van der Waals surface area contributed by atoms with Crippen molar-refractivity contribution in [2.45, 2.75) is 26.9 Å². The number of hydrogen-bond acceptors (Lipinski definition) is 3. The van der Waals surface area contributed by atoms with Crippen LogP contribution in [0.3, 0.4) is 0 Å². The molecule has 0 spiro atoms. The molecule has 1 rings (SSSR count). The first-order chi connectivity index (χ1) is 8.20. The van der Waals surface area contributed by atoms with Gasteiger partial charge in [-0.3, -0.25) is 0 Å². The number of nitrogens with zero attached hydrogens (tertiary/aromatic N) is 1. The van der Waals surface area contributed by atoms with Crippen molar-refractivity contribution >= 4 is 5.69 Å². The fourth-order valence-corrected chi connectivity index (χ4v) is 1.90. The molecule has 0 bridgehead atoms. The Labute approximate surface area is 104 Å². The van der Waals surface area contributed by atoms with Crippen LogP contribution in [0.1, 0.15) is 32.4 Å². The zero-order valence-electron chi connectivity index (χ0n) is 11.0. The van der Waals surface area contributed by atoms with Crippen LogP contribution in [0, 0.1) is 0 Å². The highest BCUT2D eigenvalue weighted by molar-refractivity contribution is 5.54. The summed E-state index contributed by atoms with van der Waals surface area (Å²) in [5.74, 6) is 0. The highest BCUT2D eigenvalue weighted by atomic mass is 16.5. The Kier molecular flexibility index (Phi) is 6.01. The average Bonchev–Trinajstić information content (AvgIpc) is 2.35. The van der Waals surface area contributed by atoms with E-state index in [-0.39, 0.29) is 0 Å². The lowest BCUT2D eigenvalue weighted by Gasteiger charge is -2.26. The van der Waals surface area contributed by atoms with Crippen LogP contribution < -0.4 is 4.90 Å². The minimum atomic E-state index is -0.438. The SMILES string of the molecule is CCOCCN(CC)c1ccccc1[C@@H](C)O. The number of aliphatic hydroxyl groups excluding tert-OH is 1. The number of hydrogen-bond donors (Lipinski definition) is 1. The van der Waals surface area contributed by atoms with Gasteiger partial charge < -0.3 is 14.7 Å². The molecular formula is C14H23NO2. The van der Waals surface area contributed by atoms with Gasteiger partial charge in [0, 0.05) is 30.9 Å². The van der Waals surface area contributed by atoms with E-state index in [1.165, 1.54) is 0 Å². The van der Waals surface area contributed by atoms with Crippen LogP contribution >= 0.6 is 0 Å². The van der Waals surface area contributed by atoms with Gasteiger partial charge in [0.2, 0.25) is 0 Å². The van der Waals surface area contributed by atoms with Crippen LogP contribution in [0.2, 0.25) is 0 Å². The van der Waals surface area contributed by atoms with E-state index >= 15 is 0 Å². The van der Waals surface area contributed by atoms with Crippen LogP contribution in [-0.4, -0.2) is 31.4 Å². The van der Waals surface area contributed by atoms with Crippen molar-refractivity contribution in [1.82, 2.24) is 0 Å². The average molecular weight is 237 g/mol. The molecule has 0 unspecified atom stereocenters. The van der Waals surface area contributed by atoms with E-state index in [1.807, 2.05) is 25.1 Å². The van der Waals surface area contributed by atoms with Crippen molar-refractivity contribution < 1.29 is 9.84 Å². The first kappa shape index (κ1) is 14.0. The van der Waals surface area contributed by atoms with Crippen LogP contribution in [0.5, 0.6) is 0 Å². The Bertz CT molecular complexity index is 326. The molecule has 0 radical (unpaired) electrons. The van der Waals surface area contributed by atoms with Crippen molar-refractivity contribution in [2.24, 2.45) is 0 Å². The Morgan fingerprint density at radius 1 is 1.29 bits per heavy atom. The number of para-hydroxylation sites is 1. The summed E-state index contributed by atoms with van der Waals surface area (Å²) in [7, 11) is 0. The van der Waals surface area contributed by atoms with Crippen LogP contribution in [0.4, 0.5) is 5.69 Å². The fourth-order valence-electron chi connectivity index (χ4n) is 1.90. The molecular weight excluding hydrogens is 214 g/mol. The summed E-state index contributed by atoms with van der Waals surface area (Å²) in [5, 5.41) is 9.76. The predicted molar refractivity (Wildman–Crippen MR) is 71.5 cm³/mol. The third kappa shape index (κ3) is 4.02. The maximum absolute atomic E-state index is 9.76. The van der Waals surface area contributed by atoms with Gasteiger partial charge in [-0.25, -0.2) is 0 Å². The smallest absolute Gasteiger partial charge is 0.0781 e. The summed E-state index contributed by atoms with van der Waals surface area (Å²) >= 11 is 0. The monoisotopic (exact) mass is 237 g/mol. The van der Waals surface area contributed by atoms with Gasteiger partial charge in [0.05, 0.1) is 12.7 Å². The Hall–Kier alpha value is -1.06. The molecule has 0 aliphatic carbocycles. The van der Waals surface area contributed by atoms with E-state index in [0.29, 0.717) is 0 Å². The van der Waals surface area contributed by atoms with Gasteiger partial charge >= 0.3 is 0 Å². The molecule has 1 aromatic rings. The summed E-state index contributed by atoms with van der Waals surface area (Å²) in [6.07, 6.45) is -0.438. The number of aliphatic hydroxyl groups is 1. The molecule has 3 heteroatoms.